The van der Waals surface area contributed by atoms with E-state index in [0.717, 1.165) is 16.3 Å². The number of halogens is 1. The molecular weight excluding hydrogens is 319 g/mol. The SMILES string of the molecule is O=C(COC(=O)c1cccc(F)c1)Nc1nc2ccccc2s1. The van der Waals surface area contributed by atoms with Crippen LogP contribution in [0.25, 0.3) is 10.2 Å². The summed E-state index contributed by atoms with van der Waals surface area (Å²) in [6.07, 6.45) is 0. The van der Waals surface area contributed by atoms with Crippen molar-refractivity contribution < 1.29 is 18.7 Å². The number of anilines is 1. The molecule has 0 aliphatic carbocycles. The van der Waals surface area contributed by atoms with Gasteiger partial charge in [0.05, 0.1) is 15.8 Å². The molecule has 0 fully saturated rings. The normalized spacial score (nSPS) is 10.5. The van der Waals surface area contributed by atoms with Crippen molar-refractivity contribution in [1.29, 1.82) is 0 Å². The first-order valence-electron chi connectivity index (χ1n) is 6.70. The van der Waals surface area contributed by atoms with Crippen molar-refractivity contribution in [2.24, 2.45) is 0 Å². The number of amides is 1. The van der Waals surface area contributed by atoms with Crippen molar-refractivity contribution in [2.45, 2.75) is 0 Å². The van der Waals surface area contributed by atoms with Gasteiger partial charge in [-0.05, 0) is 30.3 Å². The van der Waals surface area contributed by atoms with Crippen LogP contribution in [-0.2, 0) is 9.53 Å². The van der Waals surface area contributed by atoms with Gasteiger partial charge in [0.1, 0.15) is 5.82 Å². The third-order valence-electron chi connectivity index (χ3n) is 2.93. The van der Waals surface area contributed by atoms with Gasteiger partial charge in [-0.3, -0.25) is 10.1 Å². The minimum atomic E-state index is -0.760. The van der Waals surface area contributed by atoms with Gasteiger partial charge in [-0.1, -0.05) is 29.5 Å². The Morgan fingerprint density at radius 1 is 1.17 bits per heavy atom. The first kappa shape index (κ1) is 15.1. The lowest BCUT2D eigenvalue weighted by molar-refractivity contribution is -0.119. The van der Waals surface area contributed by atoms with Gasteiger partial charge < -0.3 is 4.74 Å². The number of hydrogen-bond donors (Lipinski definition) is 1. The summed E-state index contributed by atoms with van der Waals surface area (Å²) in [6, 6.07) is 12.5. The predicted molar refractivity (Wildman–Crippen MR) is 84.9 cm³/mol. The Labute approximate surface area is 134 Å². The van der Waals surface area contributed by atoms with Crippen molar-refractivity contribution >= 4 is 38.6 Å². The lowest BCUT2D eigenvalue weighted by Crippen LogP contribution is -2.20. The molecule has 0 saturated carbocycles. The van der Waals surface area contributed by atoms with E-state index < -0.39 is 24.3 Å². The molecule has 0 atom stereocenters. The van der Waals surface area contributed by atoms with Crippen LogP contribution >= 0.6 is 11.3 Å². The number of carbonyl (C=O) groups is 2. The first-order valence-corrected chi connectivity index (χ1v) is 7.51. The van der Waals surface area contributed by atoms with Gasteiger partial charge in [0.25, 0.3) is 5.91 Å². The quantitative estimate of drug-likeness (QED) is 0.746. The third-order valence-corrected chi connectivity index (χ3v) is 3.89. The van der Waals surface area contributed by atoms with Gasteiger partial charge in [0.2, 0.25) is 0 Å². The smallest absolute Gasteiger partial charge is 0.338 e. The average molecular weight is 330 g/mol. The number of esters is 1. The largest absolute Gasteiger partial charge is 0.452 e. The molecule has 0 aliphatic rings. The zero-order valence-corrected chi connectivity index (χ0v) is 12.6. The highest BCUT2D eigenvalue weighted by Crippen LogP contribution is 2.25. The van der Waals surface area contributed by atoms with Crippen molar-refractivity contribution in [3.8, 4) is 0 Å². The predicted octanol–water partition coefficient (Wildman–Crippen LogP) is 3.23. The number of carbonyl (C=O) groups excluding carboxylic acids is 2. The third kappa shape index (κ3) is 3.70. The van der Waals surface area contributed by atoms with Crippen LogP contribution in [0.3, 0.4) is 0 Å². The first-order chi connectivity index (χ1) is 11.1. The minimum absolute atomic E-state index is 0.0535. The summed E-state index contributed by atoms with van der Waals surface area (Å²) in [5.41, 5.74) is 0.836. The zero-order valence-electron chi connectivity index (χ0n) is 11.8. The molecule has 3 aromatic rings. The summed E-state index contributed by atoms with van der Waals surface area (Å²) in [4.78, 5) is 27.8. The van der Waals surface area contributed by atoms with Crippen molar-refractivity contribution in [1.82, 2.24) is 4.98 Å². The second kappa shape index (κ2) is 6.53. The minimum Gasteiger partial charge on any atom is -0.452 e. The van der Waals surface area contributed by atoms with Crippen LogP contribution in [0.15, 0.2) is 48.5 Å². The Hall–Kier alpha value is -2.80. The van der Waals surface area contributed by atoms with Crippen LogP contribution in [0.1, 0.15) is 10.4 Å². The monoisotopic (exact) mass is 330 g/mol. The van der Waals surface area contributed by atoms with Crippen LogP contribution in [0, 0.1) is 5.82 Å². The topological polar surface area (TPSA) is 68.3 Å². The zero-order chi connectivity index (χ0) is 16.2. The molecular formula is C16H11FN2O3S. The van der Waals surface area contributed by atoms with Gasteiger partial charge in [-0.2, -0.15) is 0 Å². The van der Waals surface area contributed by atoms with E-state index in [1.165, 1.54) is 29.5 Å². The van der Waals surface area contributed by atoms with Gasteiger partial charge in [0.15, 0.2) is 11.7 Å². The van der Waals surface area contributed by atoms with E-state index in [9.17, 15) is 14.0 Å². The molecule has 116 valence electrons. The molecule has 1 N–H and O–H groups in total. The molecule has 5 nitrogen and oxygen atoms in total. The summed E-state index contributed by atoms with van der Waals surface area (Å²) in [5, 5.41) is 3.00. The Morgan fingerprint density at radius 2 is 2.00 bits per heavy atom. The number of thiazole rings is 1. The second-order valence-electron chi connectivity index (χ2n) is 4.62. The number of fused-ring (bicyclic) bond motifs is 1. The number of aromatic nitrogens is 1. The average Bonchev–Trinajstić information content (AvgIpc) is 2.94. The van der Waals surface area contributed by atoms with Crippen molar-refractivity contribution in [2.75, 3.05) is 11.9 Å². The molecule has 0 radical (unpaired) electrons. The highest BCUT2D eigenvalue weighted by Gasteiger charge is 2.12. The summed E-state index contributed by atoms with van der Waals surface area (Å²) in [5.74, 6) is -1.81. The van der Waals surface area contributed by atoms with Crippen LogP contribution < -0.4 is 5.32 Å². The van der Waals surface area contributed by atoms with E-state index in [1.807, 2.05) is 24.3 Å². The molecule has 1 amide bonds. The van der Waals surface area contributed by atoms with Crippen LogP contribution in [0.2, 0.25) is 0 Å². The summed E-state index contributed by atoms with van der Waals surface area (Å²) < 4.78 is 18.8. The standard InChI is InChI=1S/C16H11FN2O3S/c17-11-5-3-4-10(8-11)15(21)22-9-14(20)19-16-18-12-6-1-2-7-13(12)23-16/h1-8H,9H2,(H,18,19,20). The van der Waals surface area contributed by atoms with Gasteiger partial charge in [-0.15, -0.1) is 0 Å². The summed E-state index contributed by atoms with van der Waals surface area (Å²) in [6.45, 7) is -0.467. The van der Waals surface area contributed by atoms with Gasteiger partial charge in [-0.25, -0.2) is 14.2 Å². The Kier molecular flexibility index (Phi) is 4.29. The number of nitrogens with one attached hydrogen (secondary N) is 1. The lowest BCUT2D eigenvalue weighted by Gasteiger charge is -2.04. The Bertz CT molecular complexity index is 845. The number of hydrogen-bond acceptors (Lipinski definition) is 5. The molecule has 0 unspecified atom stereocenters. The second-order valence-corrected chi connectivity index (χ2v) is 5.65. The molecule has 23 heavy (non-hydrogen) atoms. The molecule has 1 heterocycles. The fourth-order valence-corrected chi connectivity index (χ4v) is 2.79. The lowest BCUT2D eigenvalue weighted by atomic mass is 10.2. The molecule has 0 bridgehead atoms. The van der Waals surface area contributed by atoms with E-state index >= 15 is 0 Å². The maximum Gasteiger partial charge on any atom is 0.338 e. The van der Waals surface area contributed by atoms with E-state index in [2.05, 4.69) is 10.3 Å². The van der Waals surface area contributed by atoms with E-state index in [0.29, 0.717) is 5.13 Å². The Balaban J connectivity index is 1.58. The maximum atomic E-state index is 13.0. The fourth-order valence-electron chi connectivity index (χ4n) is 1.91. The molecule has 0 spiro atoms. The summed E-state index contributed by atoms with van der Waals surface area (Å²) >= 11 is 1.33. The molecule has 0 saturated heterocycles. The number of para-hydroxylation sites is 1. The van der Waals surface area contributed by atoms with E-state index in [-0.39, 0.29) is 5.56 Å². The van der Waals surface area contributed by atoms with Crippen molar-refractivity contribution in [3.05, 3.63) is 59.9 Å². The number of benzene rings is 2. The molecule has 2 aromatic carbocycles. The Morgan fingerprint density at radius 3 is 2.78 bits per heavy atom. The molecule has 1 aromatic heterocycles. The maximum absolute atomic E-state index is 13.0. The van der Waals surface area contributed by atoms with Crippen LogP contribution in [0.5, 0.6) is 0 Å². The van der Waals surface area contributed by atoms with Gasteiger partial charge >= 0.3 is 5.97 Å². The van der Waals surface area contributed by atoms with E-state index in [4.69, 9.17) is 4.74 Å². The molecule has 3 rings (SSSR count). The van der Waals surface area contributed by atoms with E-state index in [1.54, 1.807) is 0 Å². The summed E-state index contributed by atoms with van der Waals surface area (Å²) in [7, 11) is 0. The molecule has 0 aliphatic heterocycles. The van der Waals surface area contributed by atoms with Crippen LogP contribution in [-0.4, -0.2) is 23.5 Å². The number of ether oxygens (including phenoxy) is 1. The van der Waals surface area contributed by atoms with Crippen LogP contribution in [0.4, 0.5) is 9.52 Å². The number of nitrogens with zero attached hydrogens (tertiary/aromatic N) is 1. The van der Waals surface area contributed by atoms with Crippen molar-refractivity contribution in [3.63, 3.8) is 0 Å². The van der Waals surface area contributed by atoms with Gasteiger partial charge in [0, 0.05) is 0 Å². The molecule has 7 heteroatoms. The highest BCUT2D eigenvalue weighted by atomic mass is 32.1. The highest BCUT2D eigenvalue weighted by molar-refractivity contribution is 7.22. The number of rotatable bonds is 4. The fraction of sp³-hybridized carbons (Fsp3) is 0.0625.